The minimum atomic E-state index is -0.902. The quantitative estimate of drug-likeness (QED) is 0.872. The average Bonchev–Trinajstić information content (AvgIpc) is 3.06. The van der Waals surface area contributed by atoms with E-state index in [9.17, 15) is 14.7 Å². The Labute approximate surface area is 134 Å². The molecule has 2 saturated heterocycles. The minimum Gasteiger partial charge on any atom is -0.480 e. The van der Waals surface area contributed by atoms with Crippen molar-refractivity contribution in [1.82, 2.24) is 19.9 Å². The fraction of sp³-hybridized carbons (Fsp3) is 0.733. The van der Waals surface area contributed by atoms with Crippen molar-refractivity contribution in [3.05, 3.63) is 11.7 Å². The van der Waals surface area contributed by atoms with E-state index in [0.29, 0.717) is 31.2 Å². The topological polar surface area (TPSA) is 99.8 Å². The number of aromatic nitrogens is 2. The largest absolute Gasteiger partial charge is 0.480 e. The van der Waals surface area contributed by atoms with Crippen LogP contribution in [0.2, 0.25) is 0 Å². The van der Waals surface area contributed by atoms with E-state index in [1.807, 2.05) is 0 Å². The SMILES string of the molecule is CC(=O)N1CC2(CCN(Cc3nc(C)no3)CC2)C[C@H]1C(=O)O. The highest BCUT2D eigenvalue weighted by Gasteiger charge is 2.49. The number of carbonyl (C=O) groups excluding carboxylic acids is 1. The lowest BCUT2D eigenvalue weighted by molar-refractivity contribution is -0.147. The van der Waals surface area contributed by atoms with E-state index in [2.05, 4.69) is 15.0 Å². The maximum absolute atomic E-state index is 11.7. The van der Waals surface area contributed by atoms with Gasteiger partial charge in [-0.2, -0.15) is 4.98 Å². The van der Waals surface area contributed by atoms with Crippen molar-refractivity contribution in [2.75, 3.05) is 19.6 Å². The highest BCUT2D eigenvalue weighted by atomic mass is 16.5. The van der Waals surface area contributed by atoms with Gasteiger partial charge in [-0.1, -0.05) is 5.16 Å². The number of hydrogen-bond donors (Lipinski definition) is 1. The Morgan fingerprint density at radius 2 is 2.09 bits per heavy atom. The van der Waals surface area contributed by atoms with Crippen LogP contribution in [0.1, 0.15) is 37.9 Å². The van der Waals surface area contributed by atoms with Crippen molar-refractivity contribution in [2.45, 2.75) is 45.7 Å². The zero-order valence-electron chi connectivity index (χ0n) is 13.5. The molecular formula is C15H22N4O4. The standard InChI is InChI=1S/C15H22N4O4/c1-10-16-13(23-17-10)8-18-5-3-15(4-6-18)7-12(14(21)22)19(9-15)11(2)20/h12H,3-9H2,1-2H3,(H,21,22)/t12-/m0/s1. The summed E-state index contributed by atoms with van der Waals surface area (Å²) >= 11 is 0. The van der Waals surface area contributed by atoms with Crippen LogP contribution < -0.4 is 0 Å². The van der Waals surface area contributed by atoms with E-state index in [4.69, 9.17) is 4.52 Å². The van der Waals surface area contributed by atoms with Gasteiger partial charge in [0.2, 0.25) is 11.8 Å². The van der Waals surface area contributed by atoms with Crippen LogP contribution in [0, 0.1) is 12.3 Å². The summed E-state index contributed by atoms with van der Waals surface area (Å²) in [5, 5.41) is 13.2. The Morgan fingerprint density at radius 3 is 2.57 bits per heavy atom. The molecule has 8 heteroatoms. The van der Waals surface area contributed by atoms with Crippen LogP contribution in [0.15, 0.2) is 4.52 Å². The molecule has 0 radical (unpaired) electrons. The number of hydrogen-bond acceptors (Lipinski definition) is 6. The van der Waals surface area contributed by atoms with Gasteiger partial charge in [0, 0.05) is 13.5 Å². The molecule has 1 aromatic rings. The van der Waals surface area contributed by atoms with Crippen molar-refractivity contribution < 1.29 is 19.2 Å². The predicted octanol–water partition coefficient (Wildman–Crippen LogP) is 0.666. The number of aryl methyl sites for hydroxylation is 1. The lowest BCUT2D eigenvalue weighted by Gasteiger charge is -2.38. The van der Waals surface area contributed by atoms with Gasteiger partial charge in [-0.3, -0.25) is 9.69 Å². The normalized spacial score (nSPS) is 24.3. The Morgan fingerprint density at radius 1 is 1.39 bits per heavy atom. The second-order valence-corrected chi connectivity index (χ2v) is 6.72. The molecule has 0 aliphatic carbocycles. The molecule has 2 aliphatic heterocycles. The average molecular weight is 322 g/mol. The van der Waals surface area contributed by atoms with E-state index >= 15 is 0 Å². The zero-order chi connectivity index (χ0) is 16.6. The van der Waals surface area contributed by atoms with Crippen LogP contribution in [0.3, 0.4) is 0 Å². The summed E-state index contributed by atoms with van der Waals surface area (Å²) < 4.78 is 5.15. The Bertz CT molecular complexity index is 582. The van der Waals surface area contributed by atoms with Gasteiger partial charge in [0.25, 0.3) is 0 Å². The first-order valence-electron chi connectivity index (χ1n) is 7.90. The Balaban J connectivity index is 1.61. The number of rotatable bonds is 3. The molecule has 1 spiro atoms. The van der Waals surface area contributed by atoms with Crippen LogP contribution in [0.25, 0.3) is 0 Å². The smallest absolute Gasteiger partial charge is 0.326 e. The fourth-order valence-corrected chi connectivity index (χ4v) is 3.75. The van der Waals surface area contributed by atoms with Gasteiger partial charge in [0.1, 0.15) is 6.04 Å². The molecular weight excluding hydrogens is 300 g/mol. The summed E-state index contributed by atoms with van der Waals surface area (Å²) in [7, 11) is 0. The molecule has 1 amide bonds. The number of piperidine rings is 1. The van der Waals surface area contributed by atoms with E-state index in [0.717, 1.165) is 25.9 Å². The highest BCUT2D eigenvalue weighted by Crippen LogP contribution is 2.43. The van der Waals surface area contributed by atoms with Crippen LogP contribution in [0.5, 0.6) is 0 Å². The van der Waals surface area contributed by atoms with Crippen molar-refractivity contribution >= 4 is 11.9 Å². The third kappa shape index (κ3) is 3.21. The lowest BCUT2D eigenvalue weighted by Crippen LogP contribution is -2.42. The summed E-state index contributed by atoms with van der Waals surface area (Å²) in [6.45, 7) is 6.10. The number of aliphatic carboxylic acids is 1. The summed E-state index contributed by atoms with van der Waals surface area (Å²) in [5.74, 6) is 0.184. The van der Waals surface area contributed by atoms with E-state index in [1.54, 1.807) is 6.92 Å². The molecule has 0 unspecified atom stereocenters. The molecule has 1 N–H and O–H groups in total. The first-order valence-corrected chi connectivity index (χ1v) is 7.90. The number of likely N-dealkylation sites (tertiary alicyclic amines) is 2. The maximum atomic E-state index is 11.7. The molecule has 1 aromatic heterocycles. The van der Waals surface area contributed by atoms with Gasteiger partial charge in [-0.05, 0) is 44.7 Å². The van der Waals surface area contributed by atoms with E-state index in [-0.39, 0.29) is 11.3 Å². The molecule has 1 atom stereocenters. The monoisotopic (exact) mass is 322 g/mol. The predicted molar refractivity (Wildman–Crippen MR) is 79.4 cm³/mol. The third-order valence-electron chi connectivity index (χ3n) is 5.04. The van der Waals surface area contributed by atoms with Gasteiger partial charge in [-0.15, -0.1) is 0 Å². The van der Waals surface area contributed by atoms with Crippen molar-refractivity contribution in [3.63, 3.8) is 0 Å². The number of carbonyl (C=O) groups is 2. The second kappa shape index (κ2) is 5.92. The van der Waals surface area contributed by atoms with Crippen LogP contribution >= 0.6 is 0 Å². The minimum absolute atomic E-state index is 0.0734. The van der Waals surface area contributed by atoms with Crippen molar-refractivity contribution in [2.24, 2.45) is 5.41 Å². The number of nitrogens with zero attached hydrogens (tertiary/aromatic N) is 4. The number of amides is 1. The molecule has 0 saturated carbocycles. The molecule has 8 nitrogen and oxygen atoms in total. The van der Waals surface area contributed by atoms with Crippen LogP contribution in [-0.2, 0) is 16.1 Å². The third-order valence-corrected chi connectivity index (χ3v) is 5.04. The van der Waals surface area contributed by atoms with Gasteiger partial charge < -0.3 is 14.5 Å². The van der Waals surface area contributed by atoms with Gasteiger partial charge >= 0.3 is 5.97 Å². The van der Waals surface area contributed by atoms with E-state index < -0.39 is 12.0 Å². The van der Waals surface area contributed by atoms with E-state index in [1.165, 1.54) is 11.8 Å². The molecule has 3 heterocycles. The maximum Gasteiger partial charge on any atom is 0.326 e. The Hall–Kier alpha value is -1.96. The first-order chi connectivity index (χ1) is 10.9. The van der Waals surface area contributed by atoms with Crippen molar-refractivity contribution in [1.29, 1.82) is 0 Å². The zero-order valence-corrected chi connectivity index (χ0v) is 13.5. The highest BCUT2D eigenvalue weighted by molar-refractivity contribution is 5.83. The van der Waals surface area contributed by atoms with Gasteiger partial charge in [0.15, 0.2) is 5.82 Å². The summed E-state index contributed by atoms with van der Waals surface area (Å²) in [4.78, 5) is 31.1. The number of carboxylic acids is 1. The molecule has 23 heavy (non-hydrogen) atoms. The first kappa shape index (κ1) is 15.9. The summed E-state index contributed by atoms with van der Waals surface area (Å²) in [6.07, 6.45) is 2.32. The summed E-state index contributed by atoms with van der Waals surface area (Å²) in [6, 6.07) is -0.683. The molecule has 3 rings (SSSR count). The van der Waals surface area contributed by atoms with Crippen LogP contribution in [-0.4, -0.2) is 62.6 Å². The fourth-order valence-electron chi connectivity index (χ4n) is 3.75. The van der Waals surface area contributed by atoms with Gasteiger partial charge in [-0.25, -0.2) is 4.79 Å². The second-order valence-electron chi connectivity index (χ2n) is 6.72. The molecule has 0 bridgehead atoms. The lowest BCUT2D eigenvalue weighted by atomic mass is 9.76. The molecule has 126 valence electrons. The number of carboxylic acid groups (broad SMARTS) is 1. The summed E-state index contributed by atoms with van der Waals surface area (Å²) in [5.41, 5.74) is -0.0734. The van der Waals surface area contributed by atoms with Gasteiger partial charge in [0.05, 0.1) is 6.54 Å². The molecule has 0 aromatic carbocycles. The van der Waals surface area contributed by atoms with Crippen LogP contribution in [0.4, 0.5) is 0 Å². The Kier molecular flexibility index (Phi) is 4.09. The molecule has 2 fully saturated rings. The molecule has 2 aliphatic rings. The van der Waals surface area contributed by atoms with Crippen molar-refractivity contribution in [3.8, 4) is 0 Å².